The summed E-state index contributed by atoms with van der Waals surface area (Å²) in [6.45, 7) is 0.531. The smallest absolute Gasteiger partial charge is 0.338 e. The van der Waals surface area contributed by atoms with E-state index in [0.29, 0.717) is 27.9 Å². The summed E-state index contributed by atoms with van der Waals surface area (Å²) in [6.07, 6.45) is 0. The van der Waals surface area contributed by atoms with Crippen molar-refractivity contribution in [1.29, 1.82) is 0 Å². The maximum Gasteiger partial charge on any atom is 0.338 e. The van der Waals surface area contributed by atoms with E-state index in [1.807, 2.05) is 66.7 Å². The van der Waals surface area contributed by atoms with Crippen LogP contribution in [-0.4, -0.2) is 22.8 Å². The van der Waals surface area contributed by atoms with E-state index in [4.69, 9.17) is 16.3 Å². The Kier molecular flexibility index (Phi) is 5.08. The summed E-state index contributed by atoms with van der Waals surface area (Å²) in [4.78, 5) is 12.6. The number of rotatable bonds is 4. The van der Waals surface area contributed by atoms with Gasteiger partial charge in [-0.25, -0.2) is 4.79 Å². The van der Waals surface area contributed by atoms with Crippen molar-refractivity contribution in [1.82, 2.24) is 4.57 Å². The van der Waals surface area contributed by atoms with Gasteiger partial charge in [-0.2, -0.15) is 0 Å². The summed E-state index contributed by atoms with van der Waals surface area (Å²) in [7, 11) is 1.36. The number of hydrogen-bond acceptors (Lipinski definition) is 3. The van der Waals surface area contributed by atoms with Crippen molar-refractivity contribution in [2.45, 2.75) is 6.54 Å². The first-order valence-corrected chi connectivity index (χ1v) is 10.6. The minimum atomic E-state index is -0.441. The average Bonchev–Trinajstić information content (AvgIpc) is 3.13. The molecular weight excluding hydrogens is 422 g/mol. The number of carbonyl (C=O) groups is 1. The van der Waals surface area contributed by atoms with Crippen LogP contribution in [0.5, 0.6) is 5.75 Å². The minimum Gasteiger partial charge on any atom is -0.507 e. The van der Waals surface area contributed by atoms with Crippen LogP contribution >= 0.6 is 11.6 Å². The predicted octanol–water partition coefficient (Wildman–Crippen LogP) is 6.66. The van der Waals surface area contributed by atoms with Crippen molar-refractivity contribution >= 4 is 39.4 Å². The minimum absolute atomic E-state index is 0.118. The maximum atomic E-state index is 12.6. The van der Waals surface area contributed by atoms with Crippen molar-refractivity contribution in [3.05, 3.63) is 101 Å². The zero-order chi connectivity index (χ0) is 22.2. The number of methoxy groups -OCH3 is 1. The summed E-state index contributed by atoms with van der Waals surface area (Å²) >= 11 is 6.23. The van der Waals surface area contributed by atoms with Gasteiger partial charge in [-0.05, 0) is 53.1 Å². The zero-order valence-corrected chi connectivity index (χ0v) is 18.1. The predicted molar refractivity (Wildman–Crippen MR) is 128 cm³/mol. The Morgan fingerprint density at radius 1 is 0.875 bits per heavy atom. The molecule has 0 saturated heterocycles. The van der Waals surface area contributed by atoms with Gasteiger partial charge in [0, 0.05) is 17.0 Å². The first-order valence-electron chi connectivity index (χ1n) is 10.2. The van der Waals surface area contributed by atoms with Crippen LogP contribution in [0.4, 0.5) is 0 Å². The monoisotopic (exact) mass is 441 g/mol. The van der Waals surface area contributed by atoms with Gasteiger partial charge in [-0.15, -0.1) is 0 Å². The van der Waals surface area contributed by atoms with Gasteiger partial charge in [-0.3, -0.25) is 0 Å². The molecular formula is C27H20ClNO3. The van der Waals surface area contributed by atoms with Crippen LogP contribution in [0.3, 0.4) is 0 Å². The van der Waals surface area contributed by atoms with Crippen molar-refractivity contribution in [3.8, 4) is 16.9 Å². The normalized spacial score (nSPS) is 11.2. The fourth-order valence-corrected chi connectivity index (χ4v) is 4.52. The lowest BCUT2D eigenvalue weighted by molar-refractivity contribution is 0.0603. The van der Waals surface area contributed by atoms with Crippen molar-refractivity contribution < 1.29 is 14.6 Å². The summed E-state index contributed by atoms with van der Waals surface area (Å²) in [5.41, 5.74) is 4.99. The second kappa shape index (κ2) is 8.06. The SMILES string of the molecule is COC(=O)c1cccc2c1c1c(O)cc(-c3ccccc3)cc1n2Cc1cccc(Cl)c1. The Morgan fingerprint density at radius 2 is 1.66 bits per heavy atom. The first-order chi connectivity index (χ1) is 15.6. The lowest BCUT2D eigenvalue weighted by Gasteiger charge is -2.10. The molecule has 0 atom stereocenters. The van der Waals surface area contributed by atoms with Crippen molar-refractivity contribution in [3.63, 3.8) is 0 Å². The van der Waals surface area contributed by atoms with Gasteiger partial charge in [-0.1, -0.05) is 60.1 Å². The molecule has 0 aliphatic heterocycles. The molecule has 4 aromatic carbocycles. The summed E-state index contributed by atoms with van der Waals surface area (Å²) in [6, 6.07) is 26.9. The number of aromatic nitrogens is 1. The van der Waals surface area contributed by atoms with Gasteiger partial charge in [0.2, 0.25) is 0 Å². The number of esters is 1. The first kappa shape index (κ1) is 20.2. The lowest BCUT2D eigenvalue weighted by Crippen LogP contribution is -2.02. The highest BCUT2D eigenvalue weighted by Crippen LogP contribution is 2.40. The molecule has 1 aromatic heterocycles. The molecule has 5 heteroatoms. The third-order valence-electron chi connectivity index (χ3n) is 5.71. The highest BCUT2D eigenvalue weighted by atomic mass is 35.5. The van der Waals surface area contributed by atoms with Crippen LogP contribution in [0, 0.1) is 0 Å². The third-order valence-corrected chi connectivity index (χ3v) is 5.95. The lowest BCUT2D eigenvalue weighted by atomic mass is 10.0. The molecule has 0 unspecified atom stereocenters. The maximum absolute atomic E-state index is 12.6. The molecule has 1 N–H and O–H groups in total. The number of benzene rings is 4. The van der Waals surface area contributed by atoms with Crippen LogP contribution in [-0.2, 0) is 11.3 Å². The van der Waals surface area contributed by atoms with Gasteiger partial charge in [0.25, 0.3) is 0 Å². The molecule has 5 aromatic rings. The summed E-state index contributed by atoms with van der Waals surface area (Å²) in [5, 5.41) is 13.1. The Hall–Kier alpha value is -3.76. The van der Waals surface area contributed by atoms with E-state index in [1.165, 1.54) is 7.11 Å². The van der Waals surface area contributed by atoms with Gasteiger partial charge in [0.05, 0.1) is 29.1 Å². The van der Waals surface area contributed by atoms with Gasteiger partial charge < -0.3 is 14.4 Å². The molecule has 0 amide bonds. The molecule has 0 fully saturated rings. The molecule has 0 saturated carbocycles. The van der Waals surface area contributed by atoms with E-state index in [1.54, 1.807) is 12.1 Å². The van der Waals surface area contributed by atoms with Crippen molar-refractivity contribution in [2.24, 2.45) is 0 Å². The highest BCUT2D eigenvalue weighted by molar-refractivity contribution is 6.30. The van der Waals surface area contributed by atoms with E-state index in [0.717, 1.165) is 27.7 Å². The number of halogens is 1. The van der Waals surface area contributed by atoms with Gasteiger partial charge >= 0.3 is 5.97 Å². The summed E-state index contributed by atoms with van der Waals surface area (Å²) in [5.74, 6) is -0.323. The largest absolute Gasteiger partial charge is 0.507 e. The number of ether oxygens (including phenoxy) is 1. The van der Waals surface area contributed by atoms with E-state index in [9.17, 15) is 9.90 Å². The molecule has 0 spiro atoms. The van der Waals surface area contributed by atoms with Gasteiger partial charge in [0.15, 0.2) is 0 Å². The molecule has 32 heavy (non-hydrogen) atoms. The second-order valence-electron chi connectivity index (χ2n) is 7.66. The summed E-state index contributed by atoms with van der Waals surface area (Å²) < 4.78 is 7.13. The Balaban J connectivity index is 1.86. The van der Waals surface area contributed by atoms with Gasteiger partial charge in [0.1, 0.15) is 5.75 Å². The second-order valence-corrected chi connectivity index (χ2v) is 8.10. The number of hydrogen-bond donors (Lipinski definition) is 1. The van der Waals surface area contributed by atoms with Crippen LogP contribution in [0.1, 0.15) is 15.9 Å². The molecule has 0 radical (unpaired) electrons. The Labute approximate surface area is 190 Å². The molecule has 5 rings (SSSR count). The topological polar surface area (TPSA) is 51.5 Å². The Bertz CT molecular complexity index is 1470. The quantitative estimate of drug-likeness (QED) is 0.317. The van der Waals surface area contributed by atoms with Crippen molar-refractivity contribution in [2.75, 3.05) is 7.11 Å². The number of phenolic OH excluding ortho intramolecular Hbond substituents is 1. The number of carbonyl (C=O) groups excluding carboxylic acids is 1. The fraction of sp³-hybridized carbons (Fsp3) is 0.0741. The number of phenols is 1. The third kappa shape index (κ3) is 3.39. The molecule has 158 valence electrons. The van der Waals surface area contributed by atoms with Crippen LogP contribution in [0.15, 0.2) is 84.9 Å². The Morgan fingerprint density at radius 3 is 2.41 bits per heavy atom. The number of fused-ring (bicyclic) bond motifs is 3. The molecule has 0 aliphatic rings. The standard InChI is InChI=1S/C27H20ClNO3/c1-32-27(31)21-11-6-12-22-25(21)26-23(29(22)16-17-7-5-10-20(28)13-17)14-19(15-24(26)30)18-8-3-2-4-9-18/h2-15,30H,16H2,1H3. The van der Waals surface area contributed by atoms with Crippen LogP contribution in [0.25, 0.3) is 32.9 Å². The highest BCUT2D eigenvalue weighted by Gasteiger charge is 2.21. The molecule has 0 bridgehead atoms. The molecule has 4 nitrogen and oxygen atoms in total. The number of aromatic hydroxyl groups is 1. The van der Waals surface area contributed by atoms with Crippen LogP contribution < -0.4 is 0 Å². The fourth-order valence-electron chi connectivity index (χ4n) is 4.30. The van der Waals surface area contributed by atoms with E-state index in [2.05, 4.69) is 10.6 Å². The zero-order valence-electron chi connectivity index (χ0n) is 17.4. The van der Waals surface area contributed by atoms with E-state index >= 15 is 0 Å². The molecule has 1 heterocycles. The molecule has 0 aliphatic carbocycles. The van der Waals surface area contributed by atoms with Crippen LogP contribution in [0.2, 0.25) is 5.02 Å². The van der Waals surface area contributed by atoms with E-state index < -0.39 is 5.97 Å². The van der Waals surface area contributed by atoms with E-state index in [-0.39, 0.29) is 5.75 Å². The average molecular weight is 442 g/mol. The number of nitrogens with zero attached hydrogens (tertiary/aromatic N) is 1.